The van der Waals surface area contributed by atoms with Crippen LogP contribution in [0.1, 0.15) is 47.4 Å². The fourth-order valence-corrected chi connectivity index (χ4v) is 5.59. The number of piperidine rings is 1. The number of benzene rings is 1. The van der Waals surface area contributed by atoms with Gasteiger partial charge in [0.2, 0.25) is 0 Å². The summed E-state index contributed by atoms with van der Waals surface area (Å²) in [6.07, 6.45) is 7.77. The van der Waals surface area contributed by atoms with Crippen molar-refractivity contribution in [3.8, 4) is 22.5 Å². The Balaban J connectivity index is 1.31. The number of fused-ring (bicyclic) bond motifs is 2. The van der Waals surface area contributed by atoms with Gasteiger partial charge in [-0.1, -0.05) is 18.6 Å². The first-order valence-corrected chi connectivity index (χ1v) is 13.1. The van der Waals surface area contributed by atoms with E-state index in [1.54, 1.807) is 0 Å². The Hall–Kier alpha value is -3.58. The van der Waals surface area contributed by atoms with Crippen LogP contribution in [0.4, 0.5) is 0 Å². The van der Waals surface area contributed by atoms with E-state index in [4.69, 9.17) is 10.1 Å². The number of amides is 1. The first-order chi connectivity index (χ1) is 17.7. The minimum absolute atomic E-state index is 0.0443. The van der Waals surface area contributed by atoms with E-state index >= 15 is 0 Å². The molecule has 0 radical (unpaired) electrons. The van der Waals surface area contributed by atoms with Gasteiger partial charge in [0.25, 0.3) is 5.91 Å². The van der Waals surface area contributed by atoms with Crippen LogP contribution in [0.25, 0.3) is 33.4 Å². The van der Waals surface area contributed by atoms with Crippen molar-refractivity contribution in [1.29, 1.82) is 0 Å². The molecule has 4 aromatic rings. The molecule has 3 aromatic heterocycles. The summed E-state index contributed by atoms with van der Waals surface area (Å²) in [5, 5.41) is 9.09. The number of pyridine rings is 2. The predicted octanol–water partition coefficient (Wildman–Crippen LogP) is 4.63. The summed E-state index contributed by atoms with van der Waals surface area (Å²) >= 11 is 0. The highest BCUT2D eigenvalue weighted by molar-refractivity contribution is 6.03. The average Bonchev–Trinajstić information content (AvgIpc) is 3.50. The van der Waals surface area contributed by atoms with Gasteiger partial charge in [-0.05, 0) is 81.6 Å². The number of nitrogens with zero attached hydrogens (tertiary/aromatic N) is 5. The number of carbonyl (C=O) groups excluding carboxylic acids is 1. The van der Waals surface area contributed by atoms with Gasteiger partial charge < -0.3 is 10.2 Å². The molecule has 1 aromatic carbocycles. The lowest BCUT2D eigenvalue weighted by Gasteiger charge is -2.26. The molecule has 1 amide bonds. The summed E-state index contributed by atoms with van der Waals surface area (Å²) < 4.78 is 2.13. The molecule has 5 heterocycles. The maximum atomic E-state index is 12.9. The van der Waals surface area contributed by atoms with Crippen molar-refractivity contribution >= 4 is 16.8 Å². The van der Waals surface area contributed by atoms with Crippen LogP contribution >= 0.6 is 0 Å². The molecule has 2 aliphatic heterocycles. The van der Waals surface area contributed by atoms with E-state index in [1.165, 1.54) is 25.0 Å². The number of nitrogens with one attached hydrogen (secondary N) is 1. The zero-order chi connectivity index (χ0) is 24.5. The summed E-state index contributed by atoms with van der Waals surface area (Å²) in [4.78, 5) is 24.7. The van der Waals surface area contributed by atoms with Gasteiger partial charge in [0.1, 0.15) is 5.69 Å². The quantitative estimate of drug-likeness (QED) is 0.435. The van der Waals surface area contributed by atoms with Crippen molar-refractivity contribution in [1.82, 2.24) is 30.0 Å². The number of aromatic nitrogens is 4. The van der Waals surface area contributed by atoms with E-state index in [-0.39, 0.29) is 5.91 Å². The van der Waals surface area contributed by atoms with Gasteiger partial charge in [0.05, 0.1) is 11.2 Å². The Morgan fingerprint density at radius 2 is 1.92 bits per heavy atom. The van der Waals surface area contributed by atoms with Crippen molar-refractivity contribution in [3.63, 3.8) is 0 Å². The first-order valence-electron chi connectivity index (χ1n) is 13.1. The Kier molecular flexibility index (Phi) is 6.23. The zero-order valence-corrected chi connectivity index (χ0v) is 20.8. The normalized spacial score (nSPS) is 15.8. The standard InChI is InChI=1S/C29H32N6O/c1-20-7-5-8-24(32-20)28-27(26-9-6-17-35(26)33-28)23-12-13-30-25-19-21(10-11-22(23)25)29(36)31-14-18-34-15-3-2-4-16-34/h5,7-8,10-13,19H,2-4,6,9,14-18H2,1H3,(H,31,36). The molecule has 184 valence electrons. The van der Waals surface area contributed by atoms with Gasteiger partial charge in [-0.2, -0.15) is 5.10 Å². The van der Waals surface area contributed by atoms with E-state index in [1.807, 2.05) is 49.5 Å². The third-order valence-corrected chi connectivity index (χ3v) is 7.41. The fraction of sp³-hybridized carbons (Fsp3) is 0.379. The highest BCUT2D eigenvalue weighted by Crippen LogP contribution is 2.39. The number of likely N-dealkylation sites (tertiary alicyclic amines) is 1. The summed E-state index contributed by atoms with van der Waals surface area (Å²) in [5.74, 6) is -0.0443. The van der Waals surface area contributed by atoms with Crippen molar-refractivity contribution < 1.29 is 4.79 Å². The minimum atomic E-state index is -0.0443. The molecule has 0 aliphatic carbocycles. The van der Waals surface area contributed by atoms with Crippen molar-refractivity contribution in [2.75, 3.05) is 26.2 Å². The second-order valence-electron chi connectivity index (χ2n) is 9.91. The lowest BCUT2D eigenvalue weighted by atomic mass is 9.96. The van der Waals surface area contributed by atoms with Crippen LogP contribution in [0.5, 0.6) is 0 Å². The van der Waals surface area contributed by atoms with Gasteiger partial charge in [0, 0.05) is 53.7 Å². The number of hydrogen-bond donors (Lipinski definition) is 1. The van der Waals surface area contributed by atoms with Gasteiger partial charge >= 0.3 is 0 Å². The van der Waals surface area contributed by atoms with Gasteiger partial charge in [-0.15, -0.1) is 0 Å². The minimum Gasteiger partial charge on any atom is -0.351 e. The number of carbonyl (C=O) groups is 1. The molecule has 7 nitrogen and oxygen atoms in total. The Bertz CT molecular complexity index is 1420. The van der Waals surface area contributed by atoms with Crippen LogP contribution in [-0.2, 0) is 13.0 Å². The average molecular weight is 481 g/mol. The van der Waals surface area contributed by atoms with Crippen LogP contribution in [0, 0.1) is 6.92 Å². The zero-order valence-electron chi connectivity index (χ0n) is 20.8. The van der Waals surface area contributed by atoms with Crippen molar-refractivity contribution in [2.45, 2.75) is 45.6 Å². The second kappa shape index (κ2) is 9.82. The molecule has 1 saturated heterocycles. The van der Waals surface area contributed by atoms with Crippen LogP contribution in [0.3, 0.4) is 0 Å². The first kappa shape index (κ1) is 22.9. The molecule has 6 rings (SSSR count). The Morgan fingerprint density at radius 3 is 2.78 bits per heavy atom. The summed E-state index contributed by atoms with van der Waals surface area (Å²) in [6, 6.07) is 14.0. The maximum Gasteiger partial charge on any atom is 0.251 e. The van der Waals surface area contributed by atoms with E-state index in [0.29, 0.717) is 12.1 Å². The number of hydrogen-bond acceptors (Lipinski definition) is 5. The number of aryl methyl sites for hydroxylation is 2. The molecule has 0 atom stereocenters. The van der Waals surface area contributed by atoms with Gasteiger partial charge in [-0.25, -0.2) is 0 Å². The Morgan fingerprint density at radius 1 is 1.03 bits per heavy atom. The predicted molar refractivity (Wildman–Crippen MR) is 142 cm³/mol. The maximum absolute atomic E-state index is 12.9. The molecular weight excluding hydrogens is 448 g/mol. The van der Waals surface area contributed by atoms with Crippen LogP contribution in [0.15, 0.2) is 48.7 Å². The summed E-state index contributed by atoms with van der Waals surface area (Å²) in [5.41, 5.74) is 7.73. The molecular formula is C29H32N6O. The molecule has 36 heavy (non-hydrogen) atoms. The van der Waals surface area contributed by atoms with E-state index in [2.05, 4.69) is 25.9 Å². The molecule has 2 aliphatic rings. The molecule has 7 heteroatoms. The smallest absolute Gasteiger partial charge is 0.251 e. The summed E-state index contributed by atoms with van der Waals surface area (Å²) in [7, 11) is 0. The molecule has 0 spiro atoms. The monoisotopic (exact) mass is 480 g/mol. The van der Waals surface area contributed by atoms with Gasteiger partial charge in [-0.3, -0.25) is 19.4 Å². The van der Waals surface area contributed by atoms with Crippen LogP contribution in [-0.4, -0.2) is 56.7 Å². The second-order valence-corrected chi connectivity index (χ2v) is 9.91. The van der Waals surface area contributed by atoms with Crippen molar-refractivity contribution in [2.24, 2.45) is 0 Å². The molecule has 0 saturated carbocycles. The Labute approximate surface area is 211 Å². The fourth-order valence-electron chi connectivity index (χ4n) is 5.59. The topological polar surface area (TPSA) is 75.9 Å². The number of rotatable bonds is 6. The van der Waals surface area contributed by atoms with E-state index in [0.717, 1.165) is 78.1 Å². The SMILES string of the molecule is Cc1cccc(-c2nn3c(c2-c2ccnc4cc(C(=O)NCCN5CCCCC5)ccc24)CCC3)n1. The highest BCUT2D eigenvalue weighted by Gasteiger charge is 2.26. The van der Waals surface area contributed by atoms with Crippen LogP contribution < -0.4 is 5.32 Å². The van der Waals surface area contributed by atoms with E-state index in [9.17, 15) is 4.79 Å². The molecule has 1 N–H and O–H groups in total. The largest absolute Gasteiger partial charge is 0.351 e. The lowest BCUT2D eigenvalue weighted by molar-refractivity contribution is 0.0946. The molecule has 0 unspecified atom stereocenters. The molecule has 0 bridgehead atoms. The lowest BCUT2D eigenvalue weighted by Crippen LogP contribution is -2.37. The van der Waals surface area contributed by atoms with Gasteiger partial charge in [0.15, 0.2) is 0 Å². The third kappa shape index (κ3) is 4.39. The van der Waals surface area contributed by atoms with Crippen molar-refractivity contribution in [3.05, 3.63) is 65.6 Å². The third-order valence-electron chi connectivity index (χ3n) is 7.41. The van der Waals surface area contributed by atoms with Crippen LogP contribution in [0.2, 0.25) is 0 Å². The highest BCUT2D eigenvalue weighted by atomic mass is 16.1. The summed E-state index contributed by atoms with van der Waals surface area (Å²) in [6.45, 7) is 6.78. The van der Waals surface area contributed by atoms with E-state index < -0.39 is 0 Å². The molecule has 1 fully saturated rings.